The van der Waals surface area contributed by atoms with Gasteiger partial charge in [-0.25, -0.2) is 4.79 Å². The molecule has 1 N–H and O–H groups in total. The summed E-state index contributed by atoms with van der Waals surface area (Å²) in [6, 6.07) is 8.22. The number of aliphatic hydroxyl groups is 1. The normalized spacial score (nSPS) is 28.7. The molecule has 8 heteroatoms. The number of benzene rings is 1. The molecule has 5 atom stereocenters. The van der Waals surface area contributed by atoms with E-state index in [1.807, 2.05) is 0 Å². The highest BCUT2D eigenvalue weighted by Gasteiger charge is 2.50. The van der Waals surface area contributed by atoms with Crippen LogP contribution >= 0.6 is 0 Å². The molecule has 8 nitrogen and oxygen atoms in total. The molecule has 0 saturated carbocycles. The van der Waals surface area contributed by atoms with E-state index in [-0.39, 0.29) is 0 Å². The average Bonchev–Trinajstić information content (AvgIpc) is 2.54. The van der Waals surface area contributed by atoms with Gasteiger partial charge in [0.1, 0.15) is 0 Å². The van der Waals surface area contributed by atoms with E-state index in [9.17, 15) is 19.5 Å². The summed E-state index contributed by atoms with van der Waals surface area (Å²) in [6.45, 7) is 3.85. The highest BCUT2D eigenvalue weighted by molar-refractivity contribution is 5.89. The fraction of sp³-hybridized carbons (Fsp3) is 0.471. The average molecular weight is 352 g/mol. The number of aliphatic hydroxyl groups excluding tert-OH is 1. The molecule has 2 rings (SSSR count). The molecule has 0 unspecified atom stereocenters. The number of carbonyl (C=O) groups is 3. The third kappa shape index (κ3) is 4.77. The fourth-order valence-corrected chi connectivity index (χ4v) is 2.56. The first kappa shape index (κ1) is 18.9. The Labute approximate surface area is 144 Å². The molecule has 1 aliphatic heterocycles. The predicted octanol–water partition coefficient (Wildman–Crippen LogP) is 0.812. The van der Waals surface area contributed by atoms with E-state index in [4.69, 9.17) is 18.9 Å². The SMILES string of the molecule is CC(=O)O[C@@H]1[C@@H](OC(=O)c2ccccc2)[C@H](C)O[C@@H](O)[C@@H]1OC(C)=O. The molecule has 25 heavy (non-hydrogen) atoms. The van der Waals surface area contributed by atoms with Crippen LogP contribution < -0.4 is 0 Å². The van der Waals surface area contributed by atoms with E-state index in [0.717, 1.165) is 13.8 Å². The molecule has 1 saturated heterocycles. The summed E-state index contributed by atoms with van der Waals surface area (Å²) < 4.78 is 20.9. The molecule has 136 valence electrons. The van der Waals surface area contributed by atoms with Gasteiger partial charge in [0.25, 0.3) is 0 Å². The Morgan fingerprint density at radius 1 is 0.920 bits per heavy atom. The molecular formula is C17H20O8. The van der Waals surface area contributed by atoms with Crippen molar-refractivity contribution in [2.75, 3.05) is 0 Å². The Hall–Kier alpha value is -2.45. The summed E-state index contributed by atoms with van der Waals surface area (Å²) in [6.07, 6.45) is -5.89. The van der Waals surface area contributed by atoms with Gasteiger partial charge in [-0.3, -0.25) is 9.59 Å². The molecule has 1 aliphatic rings. The zero-order valence-corrected chi connectivity index (χ0v) is 14.1. The smallest absolute Gasteiger partial charge is 0.338 e. The van der Waals surface area contributed by atoms with Crippen molar-refractivity contribution in [2.45, 2.75) is 51.5 Å². The van der Waals surface area contributed by atoms with E-state index in [2.05, 4.69) is 0 Å². The molecule has 1 aromatic carbocycles. The van der Waals surface area contributed by atoms with Crippen molar-refractivity contribution in [3.05, 3.63) is 35.9 Å². The Balaban J connectivity index is 2.25. The topological polar surface area (TPSA) is 108 Å². The lowest BCUT2D eigenvalue weighted by molar-refractivity contribution is -0.284. The summed E-state index contributed by atoms with van der Waals surface area (Å²) in [5.41, 5.74) is 0.298. The van der Waals surface area contributed by atoms with Crippen LogP contribution in [0, 0.1) is 0 Å². The van der Waals surface area contributed by atoms with Crippen LogP contribution in [0.5, 0.6) is 0 Å². The molecule has 1 aromatic rings. The van der Waals surface area contributed by atoms with Crippen LogP contribution in [0.4, 0.5) is 0 Å². The first-order chi connectivity index (χ1) is 11.8. The van der Waals surface area contributed by atoms with E-state index < -0.39 is 48.6 Å². The lowest BCUT2D eigenvalue weighted by Gasteiger charge is -2.41. The molecule has 0 amide bonds. The van der Waals surface area contributed by atoms with Gasteiger partial charge in [0, 0.05) is 13.8 Å². The van der Waals surface area contributed by atoms with Crippen LogP contribution in [0.25, 0.3) is 0 Å². The first-order valence-electron chi connectivity index (χ1n) is 7.73. The minimum Gasteiger partial charge on any atom is -0.454 e. The zero-order chi connectivity index (χ0) is 18.6. The minimum atomic E-state index is -1.52. The molecule has 1 heterocycles. The largest absolute Gasteiger partial charge is 0.454 e. The predicted molar refractivity (Wildman–Crippen MR) is 83.3 cm³/mol. The second kappa shape index (κ2) is 8.09. The first-order valence-corrected chi connectivity index (χ1v) is 7.73. The standard InChI is InChI=1S/C17H20O8/c1-9-13(25-16(20)12-7-5-4-6-8-12)14(23-10(2)18)15(17(21)22-9)24-11(3)19/h4-9,13-15,17,21H,1-3H3/t9-,13-,14+,15+,17+/m0/s1. The number of ether oxygens (including phenoxy) is 4. The Kier molecular flexibility index (Phi) is 6.11. The molecule has 0 aromatic heterocycles. The summed E-state index contributed by atoms with van der Waals surface area (Å²) >= 11 is 0. The molecule has 0 radical (unpaired) electrons. The number of hydrogen-bond donors (Lipinski definition) is 1. The number of esters is 3. The Bertz CT molecular complexity index is 629. The molecule has 0 bridgehead atoms. The van der Waals surface area contributed by atoms with E-state index in [1.54, 1.807) is 37.3 Å². The van der Waals surface area contributed by atoms with Gasteiger partial charge in [-0.05, 0) is 19.1 Å². The Morgan fingerprint density at radius 3 is 2.04 bits per heavy atom. The van der Waals surface area contributed by atoms with Crippen LogP contribution in [0.1, 0.15) is 31.1 Å². The highest BCUT2D eigenvalue weighted by atomic mass is 16.7. The summed E-state index contributed by atoms with van der Waals surface area (Å²) in [7, 11) is 0. The number of hydrogen-bond acceptors (Lipinski definition) is 8. The monoisotopic (exact) mass is 352 g/mol. The quantitative estimate of drug-likeness (QED) is 0.626. The van der Waals surface area contributed by atoms with Crippen molar-refractivity contribution in [3.8, 4) is 0 Å². The summed E-state index contributed by atoms with van der Waals surface area (Å²) in [5, 5.41) is 10.0. The van der Waals surface area contributed by atoms with Crippen LogP contribution in [0.3, 0.4) is 0 Å². The maximum absolute atomic E-state index is 12.3. The van der Waals surface area contributed by atoms with Crippen LogP contribution in [-0.4, -0.2) is 53.7 Å². The third-order valence-corrected chi connectivity index (χ3v) is 3.60. The van der Waals surface area contributed by atoms with Gasteiger partial charge in [0.15, 0.2) is 24.6 Å². The molecular weight excluding hydrogens is 332 g/mol. The molecule has 1 fully saturated rings. The fourth-order valence-electron chi connectivity index (χ4n) is 2.56. The summed E-state index contributed by atoms with van der Waals surface area (Å²) in [4.78, 5) is 35.0. The van der Waals surface area contributed by atoms with Crippen LogP contribution in [0.15, 0.2) is 30.3 Å². The second-order valence-corrected chi connectivity index (χ2v) is 5.62. The van der Waals surface area contributed by atoms with Gasteiger partial charge in [0.2, 0.25) is 0 Å². The van der Waals surface area contributed by atoms with Crippen LogP contribution in [0.2, 0.25) is 0 Å². The van der Waals surface area contributed by atoms with E-state index in [1.165, 1.54) is 0 Å². The van der Waals surface area contributed by atoms with E-state index >= 15 is 0 Å². The lowest BCUT2D eigenvalue weighted by atomic mass is 9.99. The van der Waals surface area contributed by atoms with Gasteiger partial charge < -0.3 is 24.1 Å². The minimum absolute atomic E-state index is 0.298. The van der Waals surface area contributed by atoms with Gasteiger partial charge in [-0.2, -0.15) is 0 Å². The number of carbonyl (C=O) groups excluding carboxylic acids is 3. The van der Waals surface area contributed by atoms with Crippen molar-refractivity contribution in [3.63, 3.8) is 0 Å². The third-order valence-electron chi connectivity index (χ3n) is 3.60. The Morgan fingerprint density at radius 2 is 1.48 bits per heavy atom. The highest BCUT2D eigenvalue weighted by Crippen LogP contribution is 2.28. The van der Waals surface area contributed by atoms with Gasteiger partial charge >= 0.3 is 17.9 Å². The summed E-state index contributed by atoms with van der Waals surface area (Å²) in [5.74, 6) is -2.03. The van der Waals surface area contributed by atoms with Gasteiger partial charge in [-0.15, -0.1) is 0 Å². The van der Waals surface area contributed by atoms with Crippen LogP contribution in [-0.2, 0) is 28.5 Å². The van der Waals surface area contributed by atoms with Crippen molar-refractivity contribution >= 4 is 17.9 Å². The lowest BCUT2D eigenvalue weighted by Crippen LogP contribution is -2.60. The van der Waals surface area contributed by atoms with Gasteiger partial charge in [0.05, 0.1) is 11.7 Å². The van der Waals surface area contributed by atoms with Crippen molar-refractivity contribution in [1.29, 1.82) is 0 Å². The van der Waals surface area contributed by atoms with E-state index in [0.29, 0.717) is 5.56 Å². The van der Waals surface area contributed by atoms with Gasteiger partial charge in [-0.1, -0.05) is 18.2 Å². The number of rotatable bonds is 4. The molecule has 0 aliphatic carbocycles. The zero-order valence-electron chi connectivity index (χ0n) is 14.1. The maximum Gasteiger partial charge on any atom is 0.338 e. The van der Waals surface area contributed by atoms with Crippen molar-refractivity contribution < 1.29 is 38.4 Å². The van der Waals surface area contributed by atoms with Crippen molar-refractivity contribution in [2.24, 2.45) is 0 Å². The molecule has 0 spiro atoms. The van der Waals surface area contributed by atoms with Crippen molar-refractivity contribution in [1.82, 2.24) is 0 Å². The maximum atomic E-state index is 12.3. The second-order valence-electron chi connectivity index (χ2n) is 5.62.